The van der Waals surface area contributed by atoms with Crippen LogP contribution in [0.1, 0.15) is 34.8 Å². The molecule has 216 valence electrons. The molecular weight excluding hydrogens is 550 g/mol. The Morgan fingerprint density at radius 3 is 2.27 bits per heavy atom. The molecule has 0 N–H and O–H groups in total. The minimum atomic E-state index is -3.77. The predicted molar refractivity (Wildman–Crippen MR) is 158 cm³/mol. The SMILES string of the molecule is CCOC(=O)N1CCN(S(=O)(=O)c2ccc(C(=O)N(CCCN(C)C)c3nc4cc(C)c(C)cc4s3)cc2)CC1. The van der Waals surface area contributed by atoms with E-state index >= 15 is 0 Å². The Kier molecular flexibility index (Phi) is 9.44. The number of aromatic nitrogens is 1. The van der Waals surface area contributed by atoms with Crippen molar-refractivity contribution in [3.05, 3.63) is 53.1 Å². The first-order valence-electron chi connectivity index (χ1n) is 13.4. The molecule has 2 aromatic carbocycles. The van der Waals surface area contributed by atoms with E-state index in [1.807, 2.05) is 27.1 Å². The van der Waals surface area contributed by atoms with E-state index in [1.54, 1.807) is 24.0 Å². The van der Waals surface area contributed by atoms with Gasteiger partial charge in [-0.1, -0.05) is 11.3 Å². The number of nitrogens with zero attached hydrogens (tertiary/aromatic N) is 5. The second-order valence-electron chi connectivity index (χ2n) is 10.1. The highest BCUT2D eigenvalue weighted by Crippen LogP contribution is 2.32. The lowest BCUT2D eigenvalue weighted by Gasteiger charge is -2.33. The summed E-state index contributed by atoms with van der Waals surface area (Å²) in [5.41, 5.74) is 3.57. The highest BCUT2D eigenvalue weighted by Gasteiger charge is 2.31. The van der Waals surface area contributed by atoms with Gasteiger partial charge in [-0.05, 0) is 95.4 Å². The molecule has 1 aromatic heterocycles. The maximum Gasteiger partial charge on any atom is 0.409 e. The highest BCUT2D eigenvalue weighted by atomic mass is 32.2. The molecule has 1 fully saturated rings. The van der Waals surface area contributed by atoms with Crippen molar-refractivity contribution in [1.82, 2.24) is 19.1 Å². The summed E-state index contributed by atoms with van der Waals surface area (Å²) in [4.78, 5) is 35.8. The van der Waals surface area contributed by atoms with E-state index < -0.39 is 16.1 Å². The highest BCUT2D eigenvalue weighted by molar-refractivity contribution is 7.89. The van der Waals surface area contributed by atoms with Crippen molar-refractivity contribution in [3.63, 3.8) is 0 Å². The van der Waals surface area contributed by atoms with Crippen LogP contribution in [0, 0.1) is 13.8 Å². The Morgan fingerprint density at radius 2 is 1.65 bits per heavy atom. The van der Waals surface area contributed by atoms with Crippen molar-refractivity contribution in [2.24, 2.45) is 0 Å². The van der Waals surface area contributed by atoms with Crippen LogP contribution >= 0.6 is 11.3 Å². The summed E-state index contributed by atoms with van der Waals surface area (Å²) in [5.74, 6) is -0.224. The minimum absolute atomic E-state index is 0.110. The van der Waals surface area contributed by atoms with Crippen LogP contribution in [0.5, 0.6) is 0 Å². The number of piperazine rings is 1. The van der Waals surface area contributed by atoms with Crippen LogP contribution in [0.15, 0.2) is 41.3 Å². The molecule has 0 bridgehead atoms. The standard InChI is InChI=1S/C28H37N5O5S2/c1-6-38-28(35)31-14-16-32(17-15-31)40(36,37)23-10-8-22(9-11-23)26(34)33(13-7-12-30(4)5)27-29-24-18-20(2)21(3)19-25(24)39-27/h8-11,18-19H,6-7,12-17H2,1-5H3. The summed E-state index contributed by atoms with van der Waals surface area (Å²) in [5, 5.41) is 0.625. The number of benzene rings is 2. The lowest BCUT2D eigenvalue weighted by molar-refractivity contribution is 0.0933. The van der Waals surface area contributed by atoms with Crippen molar-refractivity contribution in [2.75, 3.05) is 64.9 Å². The number of carbonyl (C=O) groups excluding carboxylic acids is 2. The molecule has 3 aromatic rings. The summed E-state index contributed by atoms with van der Waals surface area (Å²) < 4.78 is 33.9. The maximum atomic E-state index is 13.7. The molecule has 40 heavy (non-hydrogen) atoms. The zero-order valence-electron chi connectivity index (χ0n) is 23.7. The summed E-state index contributed by atoms with van der Waals surface area (Å²) in [6, 6.07) is 10.2. The Morgan fingerprint density at radius 1 is 1.00 bits per heavy atom. The summed E-state index contributed by atoms with van der Waals surface area (Å²) in [6.45, 7) is 8.29. The Bertz CT molecular complexity index is 1420. The molecule has 0 aliphatic carbocycles. The van der Waals surface area contributed by atoms with E-state index in [0.29, 0.717) is 17.2 Å². The molecule has 1 saturated heterocycles. The van der Waals surface area contributed by atoms with Gasteiger partial charge in [0.15, 0.2) is 5.13 Å². The molecule has 0 unspecified atom stereocenters. The third-order valence-electron chi connectivity index (χ3n) is 6.96. The molecule has 0 radical (unpaired) electrons. The van der Waals surface area contributed by atoms with E-state index in [0.717, 1.165) is 28.7 Å². The molecule has 0 atom stereocenters. The number of fused-ring (bicyclic) bond motifs is 1. The number of aryl methyl sites for hydroxylation is 2. The number of anilines is 1. The average molecular weight is 588 g/mol. The van der Waals surface area contributed by atoms with Gasteiger partial charge >= 0.3 is 6.09 Å². The molecule has 10 nitrogen and oxygen atoms in total. The largest absolute Gasteiger partial charge is 0.450 e. The van der Waals surface area contributed by atoms with Crippen molar-refractivity contribution >= 4 is 48.7 Å². The van der Waals surface area contributed by atoms with Crippen molar-refractivity contribution in [2.45, 2.75) is 32.1 Å². The van der Waals surface area contributed by atoms with Gasteiger partial charge in [0.2, 0.25) is 10.0 Å². The number of carbonyl (C=O) groups is 2. The molecule has 2 amide bonds. The van der Waals surface area contributed by atoms with E-state index in [-0.39, 0.29) is 43.6 Å². The van der Waals surface area contributed by atoms with Crippen LogP contribution < -0.4 is 4.90 Å². The molecule has 4 rings (SSSR count). The molecule has 0 spiro atoms. The smallest absolute Gasteiger partial charge is 0.409 e. The van der Waals surface area contributed by atoms with E-state index in [4.69, 9.17) is 9.72 Å². The molecular formula is C28H37N5O5S2. The minimum Gasteiger partial charge on any atom is -0.450 e. The van der Waals surface area contributed by atoms with Gasteiger partial charge in [-0.3, -0.25) is 9.69 Å². The molecule has 0 saturated carbocycles. The van der Waals surface area contributed by atoms with Crippen molar-refractivity contribution in [1.29, 1.82) is 0 Å². The first-order chi connectivity index (χ1) is 19.0. The summed E-state index contributed by atoms with van der Waals surface area (Å²) in [7, 11) is 0.209. The van der Waals surface area contributed by atoms with Crippen molar-refractivity contribution < 1.29 is 22.7 Å². The Hall–Kier alpha value is -3.06. The van der Waals surface area contributed by atoms with Gasteiger partial charge in [0.05, 0.1) is 21.7 Å². The number of amides is 2. The van der Waals surface area contributed by atoms with Gasteiger partial charge in [-0.2, -0.15) is 4.31 Å². The lowest BCUT2D eigenvalue weighted by Crippen LogP contribution is -2.50. The normalized spacial score (nSPS) is 14.6. The average Bonchev–Trinajstić information content (AvgIpc) is 3.33. The van der Waals surface area contributed by atoms with Crippen LogP contribution in [0.4, 0.5) is 9.93 Å². The van der Waals surface area contributed by atoms with Gasteiger partial charge in [0, 0.05) is 38.3 Å². The maximum absolute atomic E-state index is 13.7. The Balaban J connectivity index is 1.53. The monoisotopic (exact) mass is 587 g/mol. The molecule has 12 heteroatoms. The van der Waals surface area contributed by atoms with Gasteiger partial charge < -0.3 is 14.5 Å². The predicted octanol–water partition coefficient (Wildman–Crippen LogP) is 3.97. The topological polar surface area (TPSA) is 103 Å². The number of hydrogen-bond acceptors (Lipinski definition) is 8. The lowest BCUT2D eigenvalue weighted by atomic mass is 10.1. The van der Waals surface area contributed by atoms with Crippen LogP contribution in [0.25, 0.3) is 10.2 Å². The number of hydrogen-bond donors (Lipinski definition) is 0. The van der Waals surface area contributed by atoms with Crippen LogP contribution in [0.3, 0.4) is 0 Å². The zero-order chi connectivity index (χ0) is 29.0. The fraction of sp³-hybridized carbons (Fsp3) is 0.464. The van der Waals surface area contributed by atoms with Crippen LogP contribution in [-0.2, 0) is 14.8 Å². The third-order valence-corrected chi connectivity index (χ3v) is 9.91. The number of ether oxygens (including phenoxy) is 1. The molecule has 1 aliphatic rings. The third kappa shape index (κ3) is 6.63. The first kappa shape index (κ1) is 29.9. The van der Waals surface area contributed by atoms with Crippen LogP contribution in [-0.4, -0.2) is 99.5 Å². The number of sulfonamides is 1. The zero-order valence-corrected chi connectivity index (χ0v) is 25.3. The second kappa shape index (κ2) is 12.6. The van der Waals surface area contributed by atoms with Gasteiger partial charge in [-0.25, -0.2) is 18.2 Å². The van der Waals surface area contributed by atoms with E-state index in [9.17, 15) is 18.0 Å². The van der Waals surface area contributed by atoms with Gasteiger partial charge in [-0.15, -0.1) is 0 Å². The number of rotatable bonds is 9. The molecule has 1 aliphatic heterocycles. The first-order valence-corrected chi connectivity index (χ1v) is 15.6. The van der Waals surface area contributed by atoms with E-state index in [2.05, 4.69) is 17.9 Å². The Labute approximate surface area is 240 Å². The molecule has 2 heterocycles. The van der Waals surface area contributed by atoms with Gasteiger partial charge in [0.1, 0.15) is 0 Å². The fourth-order valence-corrected chi connectivity index (χ4v) is 7.00. The van der Waals surface area contributed by atoms with Gasteiger partial charge in [0.25, 0.3) is 5.91 Å². The second-order valence-corrected chi connectivity index (χ2v) is 13.1. The van der Waals surface area contributed by atoms with Crippen LogP contribution in [0.2, 0.25) is 0 Å². The summed E-state index contributed by atoms with van der Waals surface area (Å²) in [6.07, 6.45) is 0.327. The number of thiazole rings is 1. The van der Waals surface area contributed by atoms with Crippen molar-refractivity contribution in [3.8, 4) is 0 Å². The van der Waals surface area contributed by atoms with E-state index in [1.165, 1.54) is 38.2 Å². The quantitative estimate of drug-likeness (QED) is 0.373. The summed E-state index contributed by atoms with van der Waals surface area (Å²) >= 11 is 1.48. The fourth-order valence-electron chi connectivity index (χ4n) is 4.51.